The molecule has 0 atom stereocenters. The van der Waals surface area contributed by atoms with Crippen molar-refractivity contribution in [2.75, 3.05) is 0 Å². The minimum absolute atomic E-state index is 0.0470. The summed E-state index contributed by atoms with van der Waals surface area (Å²) in [5.41, 5.74) is 0.773. The maximum absolute atomic E-state index is 10.5. The first-order valence-electron chi connectivity index (χ1n) is 3.38. The summed E-state index contributed by atoms with van der Waals surface area (Å²) in [6.07, 6.45) is 4.21. The van der Waals surface area contributed by atoms with Crippen LogP contribution in [0.5, 0.6) is 0 Å². The predicted octanol–water partition coefficient (Wildman–Crippen LogP) is 1.96. The van der Waals surface area contributed by atoms with Crippen LogP contribution in [0, 0.1) is 0 Å². The minimum Gasteiger partial charge on any atom is -0.295 e. The molecule has 0 aromatic heterocycles. The molecule has 0 aromatic carbocycles. The number of rotatable bonds is 3. The third-order valence-electron chi connectivity index (χ3n) is 0.890. The fourth-order valence-electron chi connectivity index (χ4n) is 0.567. The Kier molecular flexibility index (Phi) is 4.46. The number of carbonyl (C=O) groups is 1. The summed E-state index contributed by atoms with van der Waals surface area (Å²) in [6, 6.07) is 0. The Morgan fingerprint density at radius 2 is 2.10 bits per heavy atom. The molecular formula is C8H13NO. The standard InChI is InChI=1S/C8H13NO/c1-4-5-9-7(2)6-8(3)10/h5-6H,4H2,1-3H3. The second-order valence-corrected chi connectivity index (χ2v) is 2.12. The number of nitrogens with zero attached hydrogens (tertiary/aromatic N) is 1. The summed E-state index contributed by atoms with van der Waals surface area (Å²) < 4.78 is 0. The molecule has 0 aliphatic rings. The highest BCUT2D eigenvalue weighted by Gasteiger charge is 1.85. The van der Waals surface area contributed by atoms with Crippen LogP contribution in [0.1, 0.15) is 27.2 Å². The van der Waals surface area contributed by atoms with Gasteiger partial charge in [0.1, 0.15) is 0 Å². The minimum atomic E-state index is 0.0470. The number of allylic oxidation sites excluding steroid dienone is 2. The number of hydrogen-bond donors (Lipinski definition) is 0. The van der Waals surface area contributed by atoms with Gasteiger partial charge in [-0.3, -0.25) is 9.79 Å². The van der Waals surface area contributed by atoms with Gasteiger partial charge in [-0.2, -0.15) is 0 Å². The Bertz CT molecular complexity index is 168. The van der Waals surface area contributed by atoms with E-state index in [9.17, 15) is 4.79 Å². The van der Waals surface area contributed by atoms with Crippen LogP contribution >= 0.6 is 0 Å². The molecule has 0 saturated heterocycles. The van der Waals surface area contributed by atoms with E-state index < -0.39 is 0 Å². The highest BCUT2D eigenvalue weighted by atomic mass is 16.1. The van der Waals surface area contributed by atoms with E-state index in [2.05, 4.69) is 4.99 Å². The van der Waals surface area contributed by atoms with E-state index in [1.807, 2.05) is 13.8 Å². The molecule has 0 unspecified atom stereocenters. The maximum Gasteiger partial charge on any atom is 0.154 e. The third-order valence-corrected chi connectivity index (χ3v) is 0.890. The molecule has 0 radical (unpaired) electrons. The molecule has 2 heteroatoms. The van der Waals surface area contributed by atoms with Gasteiger partial charge < -0.3 is 0 Å². The van der Waals surface area contributed by atoms with Crippen molar-refractivity contribution in [3.8, 4) is 0 Å². The average molecular weight is 139 g/mol. The van der Waals surface area contributed by atoms with Crippen LogP contribution in [-0.4, -0.2) is 12.0 Å². The fraction of sp³-hybridized carbons (Fsp3) is 0.500. The molecule has 0 saturated carbocycles. The quantitative estimate of drug-likeness (QED) is 0.434. The fourth-order valence-corrected chi connectivity index (χ4v) is 0.567. The molecule has 0 bridgehead atoms. The molecule has 0 amide bonds. The lowest BCUT2D eigenvalue weighted by atomic mass is 10.3. The molecule has 0 aliphatic carbocycles. The van der Waals surface area contributed by atoms with Crippen LogP contribution < -0.4 is 0 Å². The van der Waals surface area contributed by atoms with Gasteiger partial charge in [0.15, 0.2) is 5.78 Å². The molecular weight excluding hydrogens is 126 g/mol. The Morgan fingerprint density at radius 1 is 1.50 bits per heavy atom. The second-order valence-electron chi connectivity index (χ2n) is 2.12. The van der Waals surface area contributed by atoms with Gasteiger partial charge in [0.2, 0.25) is 0 Å². The van der Waals surface area contributed by atoms with E-state index in [4.69, 9.17) is 0 Å². The molecule has 0 fully saturated rings. The van der Waals surface area contributed by atoms with E-state index in [0.717, 1.165) is 12.1 Å². The van der Waals surface area contributed by atoms with E-state index in [1.54, 1.807) is 6.21 Å². The van der Waals surface area contributed by atoms with Gasteiger partial charge in [0, 0.05) is 18.0 Å². The average Bonchev–Trinajstić information content (AvgIpc) is 1.82. The normalized spacial score (nSPS) is 12.5. The zero-order chi connectivity index (χ0) is 7.98. The maximum atomic E-state index is 10.5. The lowest BCUT2D eigenvalue weighted by molar-refractivity contribution is -0.112. The van der Waals surface area contributed by atoms with Gasteiger partial charge in [-0.1, -0.05) is 6.92 Å². The van der Waals surface area contributed by atoms with E-state index in [0.29, 0.717) is 0 Å². The van der Waals surface area contributed by atoms with E-state index >= 15 is 0 Å². The lowest BCUT2D eigenvalue weighted by Gasteiger charge is -1.87. The zero-order valence-electron chi connectivity index (χ0n) is 6.72. The van der Waals surface area contributed by atoms with Gasteiger partial charge in [0.25, 0.3) is 0 Å². The van der Waals surface area contributed by atoms with Crippen molar-refractivity contribution in [2.24, 2.45) is 4.99 Å². The van der Waals surface area contributed by atoms with Crippen molar-refractivity contribution in [3.63, 3.8) is 0 Å². The molecule has 0 rings (SSSR count). The van der Waals surface area contributed by atoms with Gasteiger partial charge in [-0.05, 0) is 20.3 Å². The largest absolute Gasteiger partial charge is 0.295 e. The molecule has 2 nitrogen and oxygen atoms in total. The Morgan fingerprint density at radius 3 is 2.50 bits per heavy atom. The molecule has 0 aliphatic heterocycles. The van der Waals surface area contributed by atoms with Crippen molar-refractivity contribution < 1.29 is 4.79 Å². The molecule has 0 aromatic rings. The smallest absolute Gasteiger partial charge is 0.154 e. The van der Waals surface area contributed by atoms with Crippen molar-refractivity contribution in [1.29, 1.82) is 0 Å². The topological polar surface area (TPSA) is 29.4 Å². The number of aliphatic imine (C=N–C) groups is 1. The molecule has 56 valence electrons. The first kappa shape index (κ1) is 9.08. The van der Waals surface area contributed by atoms with Gasteiger partial charge in [-0.15, -0.1) is 0 Å². The van der Waals surface area contributed by atoms with Crippen LogP contribution in [0.4, 0.5) is 0 Å². The molecule has 10 heavy (non-hydrogen) atoms. The number of hydrogen-bond acceptors (Lipinski definition) is 2. The summed E-state index contributed by atoms with van der Waals surface area (Å²) >= 11 is 0. The SMILES string of the molecule is CCC=NC(C)=CC(C)=O. The van der Waals surface area contributed by atoms with Gasteiger partial charge in [0.05, 0.1) is 0 Å². The first-order valence-corrected chi connectivity index (χ1v) is 3.38. The highest BCUT2D eigenvalue weighted by Crippen LogP contribution is 1.93. The van der Waals surface area contributed by atoms with Crippen molar-refractivity contribution in [1.82, 2.24) is 0 Å². The van der Waals surface area contributed by atoms with Crippen LogP contribution in [-0.2, 0) is 4.79 Å². The summed E-state index contributed by atoms with van der Waals surface area (Å²) in [4.78, 5) is 14.5. The molecule has 0 N–H and O–H groups in total. The van der Waals surface area contributed by atoms with E-state index in [1.165, 1.54) is 13.0 Å². The Labute approximate surface area is 61.7 Å². The third kappa shape index (κ3) is 5.22. The summed E-state index contributed by atoms with van der Waals surface area (Å²) in [7, 11) is 0. The Hall–Kier alpha value is -0.920. The van der Waals surface area contributed by atoms with Crippen LogP contribution in [0.15, 0.2) is 16.8 Å². The molecule has 0 heterocycles. The summed E-state index contributed by atoms with van der Waals surface area (Å²) in [6.45, 7) is 5.34. The molecule has 0 spiro atoms. The van der Waals surface area contributed by atoms with Crippen molar-refractivity contribution in [3.05, 3.63) is 11.8 Å². The zero-order valence-corrected chi connectivity index (χ0v) is 6.72. The first-order chi connectivity index (χ1) is 4.66. The highest BCUT2D eigenvalue weighted by molar-refractivity contribution is 5.88. The Balaban J connectivity index is 3.94. The van der Waals surface area contributed by atoms with Gasteiger partial charge >= 0.3 is 0 Å². The number of carbonyl (C=O) groups excluding carboxylic acids is 1. The van der Waals surface area contributed by atoms with Crippen molar-refractivity contribution >= 4 is 12.0 Å². The number of ketones is 1. The predicted molar refractivity (Wildman–Crippen MR) is 43.2 cm³/mol. The van der Waals surface area contributed by atoms with Crippen LogP contribution in [0.2, 0.25) is 0 Å². The van der Waals surface area contributed by atoms with Crippen LogP contribution in [0.3, 0.4) is 0 Å². The van der Waals surface area contributed by atoms with Crippen LogP contribution in [0.25, 0.3) is 0 Å². The monoisotopic (exact) mass is 139 g/mol. The van der Waals surface area contributed by atoms with Crippen molar-refractivity contribution in [2.45, 2.75) is 27.2 Å². The summed E-state index contributed by atoms with van der Waals surface area (Å²) in [5.74, 6) is 0.0470. The lowest BCUT2D eigenvalue weighted by Crippen LogP contribution is -1.83. The summed E-state index contributed by atoms with van der Waals surface area (Å²) in [5, 5.41) is 0. The van der Waals surface area contributed by atoms with E-state index in [-0.39, 0.29) is 5.78 Å². The van der Waals surface area contributed by atoms with Gasteiger partial charge in [-0.25, -0.2) is 0 Å². The second kappa shape index (κ2) is 4.91.